The summed E-state index contributed by atoms with van der Waals surface area (Å²) in [5.41, 5.74) is 1.97. The molecule has 2 aromatic carbocycles. The van der Waals surface area contributed by atoms with Gasteiger partial charge in [-0.15, -0.1) is 0 Å². The molecule has 1 aliphatic heterocycles. The predicted molar refractivity (Wildman–Crippen MR) is 140 cm³/mol. The molecule has 0 saturated carbocycles. The van der Waals surface area contributed by atoms with Crippen LogP contribution in [0.3, 0.4) is 0 Å². The summed E-state index contributed by atoms with van der Waals surface area (Å²) in [7, 11) is 0. The van der Waals surface area contributed by atoms with Crippen molar-refractivity contribution in [2.45, 2.75) is 19.6 Å². The Kier molecular flexibility index (Phi) is 7.92. The summed E-state index contributed by atoms with van der Waals surface area (Å²) in [4.78, 5) is 29.5. The minimum Gasteiger partial charge on any atom is -0.463 e. The summed E-state index contributed by atoms with van der Waals surface area (Å²) in [6, 6.07) is 17.0. The van der Waals surface area contributed by atoms with E-state index in [0.29, 0.717) is 40.6 Å². The molecule has 1 amide bonds. The minimum atomic E-state index is -0.908. The van der Waals surface area contributed by atoms with Crippen LogP contribution in [-0.2, 0) is 14.3 Å². The maximum atomic E-state index is 13.6. The zero-order valence-electron chi connectivity index (χ0n) is 21.3. The van der Waals surface area contributed by atoms with E-state index in [-0.39, 0.29) is 44.2 Å². The Hall–Kier alpha value is -4.19. The molecule has 5 rings (SSSR count). The van der Waals surface area contributed by atoms with Gasteiger partial charge < -0.3 is 29.6 Å². The van der Waals surface area contributed by atoms with Gasteiger partial charge in [0, 0.05) is 30.5 Å². The van der Waals surface area contributed by atoms with Gasteiger partial charge in [-0.1, -0.05) is 18.2 Å². The smallest absolute Gasteiger partial charge is 0.316 e. The van der Waals surface area contributed by atoms with Crippen molar-refractivity contribution in [1.82, 2.24) is 19.9 Å². The van der Waals surface area contributed by atoms with Crippen LogP contribution in [-0.4, -0.2) is 57.4 Å². The number of imidazole rings is 1. The van der Waals surface area contributed by atoms with Gasteiger partial charge in [0.25, 0.3) is 0 Å². The molecule has 0 bridgehead atoms. The van der Waals surface area contributed by atoms with E-state index in [2.05, 4.69) is 20.3 Å². The van der Waals surface area contributed by atoms with E-state index in [4.69, 9.17) is 24.3 Å². The Morgan fingerprint density at radius 2 is 1.87 bits per heavy atom. The number of H-pyrrole nitrogens is 1. The molecule has 0 spiro atoms. The number of aromatic amines is 1. The number of hydrogen-bond donors (Lipinski definition) is 3. The summed E-state index contributed by atoms with van der Waals surface area (Å²) in [6.07, 6.45) is 1.13. The van der Waals surface area contributed by atoms with Crippen molar-refractivity contribution >= 4 is 11.6 Å². The molecule has 1 saturated heterocycles. The van der Waals surface area contributed by atoms with Crippen LogP contribution in [0.5, 0.6) is 6.01 Å². The number of aliphatic hydroxyl groups is 1. The van der Waals surface area contributed by atoms with Crippen LogP contribution in [0.4, 0.5) is 10.1 Å². The van der Waals surface area contributed by atoms with E-state index < -0.39 is 11.7 Å². The fourth-order valence-electron chi connectivity index (χ4n) is 3.98. The average molecular weight is 534 g/mol. The average Bonchev–Trinajstić information content (AvgIpc) is 3.40. The Balaban J connectivity index is 1.38. The maximum absolute atomic E-state index is 13.6. The number of halogens is 1. The van der Waals surface area contributed by atoms with Crippen LogP contribution in [0.25, 0.3) is 22.6 Å². The molecule has 0 atom stereocenters. The van der Waals surface area contributed by atoms with E-state index in [1.54, 1.807) is 31.3 Å². The van der Waals surface area contributed by atoms with E-state index in [1.807, 2.05) is 30.3 Å². The number of hydrogen-bond acceptors (Lipinski definition) is 8. The Bertz CT molecular complexity index is 1410. The lowest BCUT2D eigenvalue weighted by molar-refractivity contribution is -0.229. The number of ether oxygens (including phenoxy) is 3. The molecule has 0 aliphatic carbocycles. The summed E-state index contributed by atoms with van der Waals surface area (Å²) < 4.78 is 31.1. The molecule has 39 heavy (non-hydrogen) atoms. The Morgan fingerprint density at radius 3 is 2.59 bits per heavy atom. The topological polar surface area (TPSA) is 131 Å². The normalized spacial score (nSPS) is 19.0. The SMILES string of the molecule is CC1(C(=O)Nc2ccccc2)COC(c2nc(-c3ccc(F)cc3)c(-c3ccnc(OCCCO)n3)[nH]2)OC1. The van der Waals surface area contributed by atoms with Gasteiger partial charge in [0.15, 0.2) is 5.82 Å². The third kappa shape index (κ3) is 6.11. The summed E-state index contributed by atoms with van der Waals surface area (Å²) in [6.45, 7) is 2.24. The molecule has 2 aromatic heterocycles. The highest BCUT2D eigenvalue weighted by Gasteiger charge is 2.41. The second kappa shape index (κ2) is 11.7. The Labute approximate surface area is 224 Å². The van der Waals surface area contributed by atoms with Crippen LogP contribution < -0.4 is 10.1 Å². The van der Waals surface area contributed by atoms with Gasteiger partial charge in [-0.25, -0.2) is 14.4 Å². The Morgan fingerprint density at radius 1 is 1.13 bits per heavy atom. The number of nitrogens with one attached hydrogen (secondary N) is 2. The number of nitrogens with zero attached hydrogens (tertiary/aromatic N) is 3. The summed E-state index contributed by atoms with van der Waals surface area (Å²) >= 11 is 0. The second-order valence-corrected chi connectivity index (χ2v) is 9.34. The van der Waals surface area contributed by atoms with Gasteiger partial charge in [0.2, 0.25) is 12.2 Å². The number of aliphatic hydroxyl groups excluding tert-OH is 1. The number of benzene rings is 2. The first-order chi connectivity index (χ1) is 18.9. The number of carbonyl (C=O) groups is 1. The molecule has 11 heteroatoms. The molecule has 4 aromatic rings. The molecule has 202 valence electrons. The quantitative estimate of drug-likeness (QED) is 0.274. The molecular formula is C28H28FN5O5. The van der Waals surface area contributed by atoms with E-state index in [9.17, 15) is 9.18 Å². The standard InChI is InChI=1S/C28H28FN5O5/c1-28(26(36)31-20-6-3-2-4-7-20)16-38-25(39-17-28)24-33-22(18-8-10-19(29)11-9-18)23(34-24)21-12-13-30-27(32-21)37-15-5-14-35/h2-4,6-13,25,35H,5,14-17H2,1H3,(H,31,36)(H,33,34). The highest BCUT2D eigenvalue weighted by molar-refractivity contribution is 5.95. The van der Waals surface area contributed by atoms with Gasteiger partial charge in [-0.05, 0) is 49.4 Å². The van der Waals surface area contributed by atoms with Gasteiger partial charge in [-0.2, -0.15) is 4.98 Å². The van der Waals surface area contributed by atoms with Gasteiger partial charge in [-0.3, -0.25) is 4.79 Å². The zero-order chi connectivity index (χ0) is 27.2. The predicted octanol–water partition coefficient (Wildman–Crippen LogP) is 4.12. The van der Waals surface area contributed by atoms with Crippen LogP contribution in [0.1, 0.15) is 25.5 Å². The fraction of sp³-hybridized carbons (Fsp3) is 0.286. The van der Waals surface area contributed by atoms with Gasteiger partial charge >= 0.3 is 6.01 Å². The highest BCUT2D eigenvalue weighted by Crippen LogP contribution is 2.36. The van der Waals surface area contributed by atoms with Crippen molar-refractivity contribution in [2.75, 3.05) is 31.7 Å². The number of aromatic nitrogens is 4. The van der Waals surface area contributed by atoms with Crippen molar-refractivity contribution in [3.05, 3.63) is 78.5 Å². The second-order valence-electron chi connectivity index (χ2n) is 9.34. The lowest BCUT2D eigenvalue weighted by Crippen LogP contribution is -2.45. The third-order valence-corrected chi connectivity index (χ3v) is 6.17. The van der Waals surface area contributed by atoms with E-state index >= 15 is 0 Å². The number of para-hydroxylation sites is 1. The summed E-state index contributed by atoms with van der Waals surface area (Å²) in [5.74, 6) is -0.213. The fourth-order valence-corrected chi connectivity index (χ4v) is 3.98. The highest BCUT2D eigenvalue weighted by atomic mass is 19.1. The van der Waals surface area contributed by atoms with Crippen LogP contribution in [0, 0.1) is 11.2 Å². The lowest BCUT2D eigenvalue weighted by Gasteiger charge is -2.35. The van der Waals surface area contributed by atoms with Crippen molar-refractivity contribution in [2.24, 2.45) is 5.41 Å². The van der Waals surface area contributed by atoms with E-state index in [1.165, 1.54) is 12.1 Å². The first-order valence-electron chi connectivity index (χ1n) is 12.5. The monoisotopic (exact) mass is 533 g/mol. The van der Waals surface area contributed by atoms with Crippen LogP contribution in [0.15, 0.2) is 66.9 Å². The summed E-state index contributed by atoms with van der Waals surface area (Å²) in [5, 5.41) is 11.9. The molecule has 1 fully saturated rings. The number of amides is 1. The molecule has 0 unspecified atom stereocenters. The van der Waals surface area contributed by atoms with Crippen LogP contribution in [0.2, 0.25) is 0 Å². The molecule has 3 N–H and O–H groups in total. The zero-order valence-corrected chi connectivity index (χ0v) is 21.3. The van der Waals surface area contributed by atoms with Crippen molar-refractivity contribution in [3.63, 3.8) is 0 Å². The first-order valence-corrected chi connectivity index (χ1v) is 12.5. The number of carbonyl (C=O) groups excluding carboxylic acids is 1. The van der Waals surface area contributed by atoms with Crippen LogP contribution >= 0.6 is 0 Å². The molecule has 10 nitrogen and oxygen atoms in total. The molecule has 0 radical (unpaired) electrons. The van der Waals surface area contributed by atoms with Gasteiger partial charge in [0.1, 0.15) is 5.82 Å². The minimum absolute atomic E-state index is 0.00728. The molecular weight excluding hydrogens is 505 g/mol. The largest absolute Gasteiger partial charge is 0.463 e. The number of anilines is 1. The molecule has 3 heterocycles. The van der Waals surface area contributed by atoms with Crippen molar-refractivity contribution < 1.29 is 28.5 Å². The van der Waals surface area contributed by atoms with E-state index in [0.717, 1.165) is 0 Å². The van der Waals surface area contributed by atoms with Gasteiger partial charge in [0.05, 0.1) is 42.3 Å². The molecule has 1 aliphatic rings. The number of rotatable bonds is 9. The van der Waals surface area contributed by atoms with Crippen molar-refractivity contribution in [1.29, 1.82) is 0 Å². The first kappa shape index (κ1) is 26.4. The lowest BCUT2D eigenvalue weighted by atomic mass is 9.91. The van der Waals surface area contributed by atoms with Crippen molar-refractivity contribution in [3.8, 4) is 28.7 Å². The maximum Gasteiger partial charge on any atom is 0.316 e. The third-order valence-electron chi connectivity index (χ3n) is 6.17.